The molecule has 0 spiro atoms. The smallest absolute Gasteiger partial charge is 0.161 e. The number of nitrogens with one attached hydrogen (secondary N) is 1. The van der Waals surface area contributed by atoms with Gasteiger partial charge in [0.15, 0.2) is 11.5 Å². The van der Waals surface area contributed by atoms with Gasteiger partial charge in [0.05, 0.1) is 13.7 Å². The van der Waals surface area contributed by atoms with Crippen LogP contribution in [0.3, 0.4) is 0 Å². The quantitative estimate of drug-likeness (QED) is 0.705. The molecule has 5 nitrogen and oxygen atoms in total. The van der Waals surface area contributed by atoms with Crippen LogP contribution in [0.4, 0.5) is 0 Å². The van der Waals surface area contributed by atoms with E-state index < -0.39 is 6.10 Å². The van der Waals surface area contributed by atoms with Crippen molar-refractivity contribution in [3.05, 3.63) is 23.8 Å². The van der Waals surface area contributed by atoms with Crippen molar-refractivity contribution in [1.29, 1.82) is 0 Å². The van der Waals surface area contributed by atoms with Gasteiger partial charge in [-0.05, 0) is 31.7 Å². The Hall–Kier alpha value is -1.30. The van der Waals surface area contributed by atoms with Crippen molar-refractivity contribution in [2.45, 2.75) is 19.6 Å². The Kier molecular flexibility index (Phi) is 7.25. The van der Waals surface area contributed by atoms with Crippen LogP contribution in [0.1, 0.15) is 12.5 Å². The van der Waals surface area contributed by atoms with Gasteiger partial charge in [-0.15, -0.1) is 0 Å². The molecular weight excluding hydrogens is 246 g/mol. The predicted octanol–water partition coefficient (Wildman–Crippen LogP) is 1.19. The van der Waals surface area contributed by atoms with E-state index >= 15 is 0 Å². The molecule has 0 aliphatic heterocycles. The van der Waals surface area contributed by atoms with Crippen LogP contribution in [-0.2, 0) is 11.3 Å². The summed E-state index contributed by atoms with van der Waals surface area (Å²) in [5, 5.41) is 12.8. The van der Waals surface area contributed by atoms with Crippen LogP contribution < -0.4 is 14.8 Å². The van der Waals surface area contributed by atoms with Gasteiger partial charge in [0.1, 0.15) is 12.7 Å². The molecule has 0 saturated heterocycles. The number of hydrogen-bond acceptors (Lipinski definition) is 5. The third-order valence-corrected chi connectivity index (χ3v) is 2.55. The topological polar surface area (TPSA) is 60.0 Å². The molecule has 0 bridgehead atoms. The lowest BCUT2D eigenvalue weighted by atomic mass is 10.2. The Morgan fingerprint density at radius 1 is 1.26 bits per heavy atom. The van der Waals surface area contributed by atoms with Crippen LogP contribution in [-0.4, -0.2) is 45.2 Å². The molecule has 1 aromatic carbocycles. The summed E-state index contributed by atoms with van der Waals surface area (Å²) in [4.78, 5) is 0. The van der Waals surface area contributed by atoms with Crippen molar-refractivity contribution < 1.29 is 19.3 Å². The van der Waals surface area contributed by atoms with Gasteiger partial charge in [-0.25, -0.2) is 0 Å². The molecule has 19 heavy (non-hydrogen) atoms. The fraction of sp³-hybridized carbons (Fsp3) is 0.571. The van der Waals surface area contributed by atoms with E-state index in [4.69, 9.17) is 14.2 Å². The molecule has 108 valence electrons. The third kappa shape index (κ3) is 5.46. The highest BCUT2D eigenvalue weighted by Crippen LogP contribution is 2.28. The molecule has 1 atom stereocenters. The molecule has 2 N–H and O–H groups in total. The summed E-state index contributed by atoms with van der Waals surface area (Å²) in [6.07, 6.45) is -0.641. The second-order valence-electron chi connectivity index (χ2n) is 4.14. The Balaban J connectivity index is 2.61. The van der Waals surface area contributed by atoms with E-state index in [2.05, 4.69) is 5.32 Å². The zero-order valence-corrected chi connectivity index (χ0v) is 11.8. The van der Waals surface area contributed by atoms with E-state index in [0.29, 0.717) is 18.1 Å². The van der Waals surface area contributed by atoms with Crippen molar-refractivity contribution >= 4 is 0 Å². The lowest BCUT2D eigenvalue weighted by Gasteiger charge is -2.15. The number of aliphatic hydroxyl groups is 1. The molecule has 0 aliphatic carbocycles. The maximum atomic E-state index is 9.67. The summed E-state index contributed by atoms with van der Waals surface area (Å²) in [5.41, 5.74) is 1.09. The maximum absolute atomic E-state index is 9.67. The molecule has 1 unspecified atom stereocenters. The molecule has 0 aromatic heterocycles. The fourth-order valence-corrected chi connectivity index (χ4v) is 1.64. The Morgan fingerprint density at radius 3 is 2.68 bits per heavy atom. The summed E-state index contributed by atoms with van der Waals surface area (Å²) in [7, 11) is 3.48. The molecule has 1 aromatic rings. The Bertz CT molecular complexity index is 370. The number of methoxy groups -OCH3 is 1. The van der Waals surface area contributed by atoms with Gasteiger partial charge in [0, 0.05) is 13.2 Å². The number of hydrogen-bond donors (Lipinski definition) is 2. The molecule has 0 radical (unpaired) electrons. The van der Waals surface area contributed by atoms with Crippen LogP contribution >= 0.6 is 0 Å². The molecule has 0 amide bonds. The largest absolute Gasteiger partial charge is 0.493 e. The SMILES string of the molecule is CCOCC(O)COc1cc(CNC)ccc1OC. The van der Waals surface area contributed by atoms with Gasteiger partial charge < -0.3 is 24.6 Å². The van der Waals surface area contributed by atoms with Gasteiger partial charge in [-0.1, -0.05) is 6.07 Å². The molecule has 0 saturated carbocycles. The molecule has 1 rings (SSSR count). The van der Waals surface area contributed by atoms with Crippen molar-refractivity contribution in [3.8, 4) is 11.5 Å². The summed E-state index contributed by atoms with van der Waals surface area (Å²) >= 11 is 0. The van der Waals surface area contributed by atoms with Crippen molar-refractivity contribution in [3.63, 3.8) is 0 Å². The highest BCUT2D eigenvalue weighted by molar-refractivity contribution is 5.42. The van der Waals surface area contributed by atoms with Gasteiger partial charge in [0.2, 0.25) is 0 Å². The normalized spacial score (nSPS) is 12.2. The number of ether oxygens (including phenoxy) is 3. The highest BCUT2D eigenvalue weighted by atomic mass is 16.5. The molecule has 0 fully saturated rings. The third-order valence-electron chi connectivity index (χ3n) is 2.55. The van der Waals surface area contributed by atoms with E-state index in [1.54, 1.807) is 7.11 Å². The standard InChI is InChI=1S/C14H23NO4/c1-4-18-9-12(16)10-19-14-7-11(8-15-2)5-6-13(14)17-3/h5-7,12,15-16H,4,8-10H2,1-3H3. The monoisotopic (exact) mass is 269 g/mol. The van der Waals surface area contributed by atoms with Crippen molar-refractivity contribution in [2.75, 3.05) is 34.0 Å². The minimum Gasteiger partial charge on any atom is -0.493 e. The second kappa shape index (κ2) is 8.74. The van der Waals surface area contributed by atoms with E-state index in [1.165, 1.54) is 0 Å². The minimum absolute atomic E-state index is 0.180. The first-order valence-corrected chi connectivity index (χ1v) is 6.41. The predicted molar refractivity (Wildman–Crippen MR) is 73.8 cm³/mol. The lowest BCUT2D eigenvalue weighted by molar-refractivity contribution is 0.0159. The second-order valence-corrected chi connectivity index (χ2v) is 4.14. The van der Waals surface area contributed by atoms with Crippen LogP contribution in [0.15, 0.2) is 18.2 Å². The summed E-state index contributed by atoms with van der Waals surface area (Å²) in [6, 6.07) is 5.73. The lowest BCUT2D eigenvalue weighted by Crippen LogP contribution is -2.23. The highest BCUT2D eigenvalue weighted by Gasteiger charge is 2.09. The summed E-state index contributed by atoms with van der Waals surface area (Å²) < 4.78 is 16.0. The Morgan fingerprint density at radius 2 is 2.05 bits per heavy atom. The van der Waals surface area contributed by atoms with E-state index in [9.17, 15) is 5.11 Å². The van der Waals surface area contributed by atoms with Gasteiger partial charge in [-0.2, -0.15) is 0 Å². The van der Waals surface area contributed by atoms with E-state index in [-0.39, 0.29) is 13.2 Å². The van der Waals surface area contributed by atoms with Crippen LogP contribution in [0.5, 0.6) is 11.5 Å². The van der Waals surface area contributed by atoms with Crippen LogP contribution in [0.25, 0.3) is 0 Å². The first-order valence-electron chi connectivity index (χ1n) is 6.41. The Labute approximate surface area is 114 Å². The van der Waals surface area contributed by atoms with Gasteiger partial charge in [0.25, 0.3) is 0 Å². The summed E-state index contributed by atoms with van der Waals surface area (Å²) in [6.45, 7) is 3.67. The molecule has 0 aliphatic rings. The molecular formula is C14H23NO4. The number of rotatable bonds is 9. The van der Waals surface area contributed by atoms with E-state index in [0.717, 1.165) is 12.1 Å². The molecule has 5 heteroatoms. The average molecular weight is 269 g/mol. The molecule has 0 heterocycles. The van der Waals surface area contributed by atoms with Crippen molar-refractivity contribution in [2.24, 2.45) is 0 Å². The first kappa shape index (κ1) is 15.8. The first-order chi connectivity index (χ1) is 9.21. The maximum Gasteiger partial charge on any atom is 0.161 e. The van der Waals surface area contributed by atoms with Crippen LogP contribution in [0.2, 0.25) is 0 Å². The zero-order valence-electron chi connectivity index (χ0n) is 11.8. The number of benzene rings is 1. The minimum atomic E-state index is -0.641. The van der Waals surface area contributed by atoms with Gasteiger partial charge in [-0.3, -0.25) is 0 Å². The van der Waals surface area contributed by atoms with Crippen molar-refractivity contribution in [1.82, 2.24) is 5.32 Å². The zero-order chi connectivity index (χ0) is 14.1. The number of aliphatic hydroxyl groups excluding tert-OH is 1. The van der Waals surface area contributed by atoms with Gasteiger partial charge >= 0.3 is 0 Å². The average Bonchev–Trinajstić information content (AvgIpc) is 2.43. The summed E-state index contributed by atoms with van der Waals surface area (Å²) in [5.74, 6) is 1.29. The van der Waals surface area contributed by atoms with Crippen LogP contribution in [0, 0.1) is 0 Å². The fourth-order valence-electron chi connectivity index (χ4n) is 1.64. The van der Waals surface area contributed by atoms with E-state index in [1.807, 2.05) is 32.2 Å².